The van der Waals surface area contributed by atoms with Gasteiger partial charge in [-0.1, -0.05) is 104 Å². The van der Waals surface area contributed by atoms with Crippen molar-refractivity contribution in [2.45, 2.75) is 149 Å². The summed E-state index contributed by atoms with van der Waals surface area (Å²) in [4.78, 5) is 124. The molecule has 1 aromatic heterocycles. The van der Waals surface area contributed by atoms with E-state index in [1.54, 1.807) is 73.0 Å². The van der Waals surface area contributed by atoms with E-state index in [2.05, 4.69) is 20.5 Å². The first-order valence-electron chi connectivity index (χ1n) is 30.5. The molecule has 20 nitrogen and oxygen atoms in total. The number of piperazine rings is 1. The molecule has 0 aliphatic carbocycles. The number of nitrogens with one attached hydrogen (secondary N) is 2. The number of hydrogen-bond acceptors (Lipinski definition) is 14. The first-order valence-corrected chi connectivity index (χ1v) is 31.3. The number of benzene rings is 2. The number of aliphatic hydroxyl groups is 1. The van der Waals surface area contributed by atoms with E-state index in [4.69, 9.17) is 15.2 Å². The SMILES string of the molecule is CC[C@H](C)[C@@H]([C@@H](CC(=O)N1CCC[C@H]1[C@H](CO)[C@@H](C)C(=O)C[C@@H](Cc1ccccc1)c1nccs1)OC)N(C)C(=O)[C@@H](CC(=O)[C@H](C(C)C)N(C)C(=O)OC(C(=O)N1CCN(C)CC1)c1ccc(NC(=O)[C@@H](C)CCCNC(N)=O)cc1)C(C)C. The van der Waals surface area contributed by atoms with Gasteiger partial charge in [-0.15, -0.1) is 11.3 Å². The summed E-state index contributed by atoms with van der Waals surface area (Å²) in [6.07, 6.45) is 2.37. The second kappa shape index (κ2) is 33.6. The molecule has 2 aliphatic heterocycles. The number of hydrogen-bond donors (Lipinski definition) is 4. The van der Waals surface area contributed by atoms with E-state index >= 15 is 4.79 Å². The molecule has 2 fully saturated rings. The Labute approximate surface area is 508 Å². The topological polar surface area (TPSA) is 254 Å². The molecule has 3 aromatic rings. The Hall–Kier alpha value is -6.29. The van der Waals surface area contributed by atoms with Gasteiger partial charge in [0.05, 0.1) is 29.6 Å². The number of ether oxygens (including phenoxy) is 2. The zero-order valence-electron chi connectivity index (χ0n) is 52.4. The number of rotatable bonds is 32. The lowest BCUT2D eigenvalue weighted by Gasteiger charge is -2.41. The number of likely N-dealkylation sites (tertiary alicyclic amines) is 1. The molecule has 0 radical (unpaired) electrons. The number of nitrogens with zero attached hydrogens (tertiary/aromatic N) is 6. The lowest BCUT2D eigenvalue weighted by atomic mass is 9.80. The van der Waals surface area contributed by atoms with E-state index in [1.165, 1.54) is 30.4 Å². The summed E-state index contributed by atoms with van der Waals surface area (Å²) in [5.74, 6) is -4.81. The smallest absolute Gasteiger partial charge is 0.411 e. The molecule has 11 atom stereocenters. The maximum Gasteiger partial charge on any atom is 0.411 e. The number of nitrogens with two attached hydrogens (primary N) is 1. The number of aliphatic hydroxyl groups excluding tert-OH is 1. The minimum absolute atomic E-state index is 0.00726. The van der Waals surface area contributed by atoms with Crippen molar-refractivity contribution in [3.8, 4) is 0 Å². The largest absolute Gasteiger partial charge is 0.431 e. The van der Waals surface area contributed by atoms with Gasteiger partial charge >= 0.3 is 12.1 Å². The standard InChI is InChI=1S/C64H97N9O11S/c1-13-42(6)57(54(83-12)38-55(77)73-29-18-22-51(73)50(39-74)44(8)52(75)36-47(60-66-28-34-85-60)35-45-20-15-14-16-21-45)70(10)61(79)49(40(2)3)37-53(76)56(41(4)5)71(11)64(82)84-58(62(80)72-32-30-69(9)31-33-72)46-23-25-48(26-24-46)68-59(78)43(7)19-17-27-67-63(65)81/h14-16,20-21,23-26,28,34,40-44,47,49-51,54,56-58,74H,13,17-19,22,27,29-33,35-39H2,1-12H3,(H,68,78)(H3,65,67,81)/t42-,43-,44+,47+,49-,50+,51-,54+,56-,57-,58?/m0/s1. The van der Waals surface area contributed by atoms with E-state index < -0.39 is 66.0 Å². The number of primary amides is 1. The second-order valence-corrected chi connectivity index (χ2v) is 25.2. The van der Waals surface area contributed by atoms with Gasteiger partial charge in [0.1, 0.15) is 5.78 Å². The van der Waals surface area contributed by atoms with Crippen LogP contribution in [0.4, 0.5) is 15.3 Å². The Bertz CT molecular complexity index is 2630. The van der Waals surface area contributed by atoms with E-state index in [0.29, 0.717) is 89.0 Å². The van der Waals surface area contributed by atoms with Crippen LogP contribution < -0.4 is 16.4 Å². The summed E-state index contributed by atoms with van der Waals surface area (Å²) in [5, 5.41) is 19.2. The Morgan fingerprint density at radius 3 is 2.09 bits per heavy atom. The van der Waals surface area contributed by atoms with Crippen LogP contribution in [0.15, 0.2) is 66.2 Å². The fourth-order valence-electron chi connectivity index (χ4n) is 12.2. The fourth-order valence-corrected chi connectivity index (χ4v) is 12.9. The first kappa shape index (κ1) is 69.5. The average Bonchev–Trinajstić information content (AvgIpc) is 4.00. The van der Waals surface area contributed by atoms with Crippen LogP contribution in [0.3, 0.4) is 0 Å². The zero-order valence-corrected chi connectivity index (χ0v) is 53.2. The molecule has 7 amide bonds. The van der Waals surface area contributed by atoms with Crippen molar-refractivity contribution in [2.75, 3.05) is 79.4 Å². The molecular formula is C64H97N9O11S. The van der Waals surface area contributed by atoms with Crippen LogP contribution in [-0.4, -0.2) is 180 Å². The van der Waals surface area contributed by atoms with Crippen LogP contribution in [0.25, 0.3) is 0 Å². The summed E-state index contributed by atoms with van der Waals surface area (Å²) >= 11 is 1.52. The molecule has 0 bridgehead atoms. The van der Waals surface area contributed by atoms with Crippen LogP contribution in [-0.2, 0) is 44.7 Å². The minimum Gasteiger partial charge on any atom is -0.431 e. The number of aromatic nitrogens is 1. The van der Waals surface area contributed by atoms with Gasteiger partial charge < -0.3 is 55.4 Å². The van der Waals surface area contributed by atoms with Crippen LogP contribution in [0.5, 0.6) is 0 Å². The third kappa shape index (κ3) is 19.4. The lowest BCUT2D eigenvalue weighted by molar-refractivity contribution is -0.148. The zero-order chi connectivity index (χ0) is 62.7. The number of likely N-dealkylation sites (N-methyl/N-ethyl adjacent to an activating group) is 3. The Balaban J connectivity index is 1.29. The van der Waals surface area contributed by atoms with Crippen LogP contribution in [0.2, 0.25) is 0 Å². The molecule has 5 rings (SSSR count). The predicted octanol–water partition coefficient (Wildman–Crippen LogP) is 7.81. The maximum atomic E-state index is 15.0. The fraction of sp³-hybridized carbons (Fsp3) is 0.641. The highest BCUT2D eigenvalue weighted by molar-refractivity contribution is 7.09. The number of urea groups is 1. The first-order chi connectivity index (χ1) is 40.4. The van der Waals surface area contributed by atoms with Gasteiger partial charge in [-0.3, -0.25) is 28.8 Å². The molecule has 85 heavy (non-hydrogen) atoms. The molecule has 2 aliphatic rings. The highest BCUT2D eigenvalue weighted by atomic mass is 32.1. The third-order valence-electron chi connectivity index (χ3n) is 17.6. The molecule has 470 valence electrons. The number of carbonyl (C=O) groups excluding carboxylic acids is 8. The number of amides is 7. The van der Waals surface area contributed by atoms with Gasteiger partial charge in [0.25, 0.3) is 5.91 Å². The molecule has 21 heteroatoms. The number of anilines is 1. The molecule has 2 saturated heterocycles. The Morgan fingerprint density at radius 2 is 1.52 bits per heavy atom. The summed E-state index contributed by atoms with van der Waals surface area (Å²) < 4.78 is 12.3. The molecular weight excluding hydrogens is 1100 g/mol. The quantitative estimate of drug-likeness (QED) is 0.0436. The van der Waals surface area contributed by atoms with E-state index in [9.17, 15) is 38.7 Å². The Kier molecular flexibility index (Phi) is 27.4. The molecule has 0 spiro atoms. The molecule has 5 N–H and O–H groups in total. The minimum atomic E-state index is -1.39. The van der Waals surface area contributed by atoms with Crippen molar-refractivity contribution in [1.82, 2.24) is 34.8 Å². The summed E-state index contributed by atoms with van der Waals surface area (Å²) in [6.45, 7) is 17.6. The maximum absolute atomic E-state index is 15.0. The number of methoxy groups -OCH3 is 1. The summed E-state index contributed by atoms with van der Waals surface area (Å²) in [7, 11) is 6.64. The van der Waals surface area contributed by atoms with Crippen molar-refractivity contribution in [3.63, 3.8) is 0 Å². The second-order valence-electron chi connectivity index (χ2n) is 24.3. The summed E-state index contributed by atoms with van der Waals surface area (Å²) in [5.41, 5.74) is 7.09. The van der Waals surface area contributed by atoms with E-state index in [1.807, 2.05) is 77.4 Å². The molecule has 2 aromatic carbocycles. The molecule has 3 heterocycles. The third-order valence-corrected chi connectivity index (χ3v) is 18.6. The number of ketones is 2. The van der Waals surface area contributed by atoms with Gasteiger partial charge in [-0.05, 0) is 74.6 Å². The van der Waals surface area contributed by atoms with Crippen molar-refractivity contribution >= 4 is 64.3 Å². The highest BCUT2D eigenvalue weighted by Gasteiger charge is 2.44. The van der Waals surface area contributed by atoms with Crippen molar-refractivity contribution < 1.29 is 52.9 Å². The van der Waals surface area contributed by atoms with Gasteiger partial charge in [-0.25, -0.2) is 14.6 Å². The van der Waals surface area contributed by atoms with E-state index in [-0.39, 0.29) is 84.9 Å². The van der Waals surface area contributed by atoms with Gasteiger partial charge in [-0.2, -0.15) is 0 Å². The van der Waals surface area contributed by atoms with Gasteiger partial charge in [0.2, 0.25) is 23.8 Å². The highest BCUT2D eigenvalue weighted by Crippen LogP contribution is 2.36. The normalized spacial score (nSPS) is 18.3. The number of thiazole rings is 1. The van der Waals surface area contributed by atoms with Crippen LogP contribution >= 0.6 is 11.3 Å². The molecule has 1 unspecified atom stereocenters. The Morgan fingerprint density at radius 1 is 0.847 bits per heavy atom. The van der Waals surface area contributed by atoms with E-state index in [0.717, 1.165) is 10.6 Å². The predicted molar refractivity (Wildman–Crippen MR) is 329 cm³/mol. The molecule has 0 saturated carbocycles. The van der Waals surface area contributed by atoms with Crippen LogP contribution in [0, 0.1) is 41.4 Å². The number of carbonyl (C=O) groups is 8. The van der Waals surface area contributed by atoms with Gasteiger partial charge in [0, 0.05) is 138 Å². The number of Topliss-reactive ketones (excluding diaryl/α,β-unsaturated/α-hetero) is 2. The van der Waals surface area contributed by atoms with Crippen molar-refractivity contribution in [3.05, 3.63) is 82.3 Å². The monoisotopic (exact) mass is 1200 g/mol. The van der Waals surface area contributed by atoms with Gasteiger partial charge in [0.15, 0.2) is 5.78 Å². The van der Waals surface area contributed by atoms with Crippen LogP contribution in [0.1, 0.15) is 135 Å². The average molecular weight is 1200 g/mol. The van der Waals surface area contributed by atoms with Crippen molar-refractivity contribution in [2.24, 2.45) is 47.2 Å². The lowest BCUT2D eigenvalue weighted by Crippen LogP contribution is -2.54. The summed E-state index contributed by atoms with van der Waals surface area (Å²) in [6, 6.07) is 13.9. The van der Waals surface area contributed by atoms with Crippen molar-refractivity contribution in [1.29, 1.82) is 0 Å².